The Bertz CT molecular complexity index is 826. The van der Waals surface area contributed by atoms with Gasteiger partial charge in [0, 0.05) is 29.4 Å². The highest BCUT2D eigenvalue weighted by Crippen LogP contribution is 2.29. The second-order valence-corrected chi connectivity index (χ2v) is 6.94. The average molecular weight is 410 g/mol. The Kier molecular flexibility index (Phi) is 6.32. The molecule has 0 aliphatic carbocycles. The van der Waals surface area contributed by atoms with E-state index in [1.54, 1.807) is 30.3 Å². The number of thiocarbonyl (C=S) groups is 1. The van der Waals surface area contributed by atoms with E-state index in [2.05, 4.69) is 15.5 Å². The molecule has 0 unspecified atom stereocenters. The van der Waals surface area contributed by atoms with Crippen LogP contribution in [0.2, 0.25) is 10.0 Å². The highest BCUT2D eigenvalue weighted by atomic mass is 35.5. The van der Waals surface area contributed by atoms with Gasteiger partial charge in [0.25, 0.3) is 5.91 Å². The molecule has 136 valence electrons. The third-order valence-corrected chi connectivity index (χ3v) is 4.61. The first-order valence-electron chi connectivity index (χ1n) is 8.03. The lowest BCUT2D eigenvalue weighted by atomic mass is 10.2. The zero-order chi connectivity index (χ0) is 18.5. The minimum Gasteiger partial charge on any atom is -0.378 e. The molecule has 3 rings (SSSR count). The van der Waals surface area contributed by atoms with Gasteiger partial charge in [0.15, 0.2) is 5.11 Å². The zero-order valence-electron chi connectivity index (χ0n) is 13.8. The SMILES string of the molecule is O=C(NC(=S)Nc1ccc(N2CCOCC2)c(Cl)c1)c1cccc(Cl)c1. The Morgan fingerprint density at radius 3 is 2.58 bits per heavy atom. The van der Waals surface area contributed by atoms with Gasteiger partial charge < -0.3 is 15.0 Å². The van der Waals surface area contributed by atoms with Crippen molar-refractivity contribution in [1.29, 1.82) is 0 Å². The van der Waals surface area contributed by atoms with Gasteiger partial charge in [0.05, 0.1) is 23.9 Å². The van der Waals surface area contributed by atoms with Gasteiger partial charge in [-0.15, -0.1) is 0 Å². The second kappa shape index (κ2) is 8.68. The van der Waals surface area contributed by atoms with Crippen LogP contribution in [-0.2, 0) is 4.74 Å². The van der Waals surface area contributed by atoms with Crippen LogP contribution in [0.4, 0.5) is 11.4 Å². The number of hydrogen-bond acceptors (Lipinski definition) is 4. The zero-order valence-corrected chi connectivity index (χ0v) is 16.1. The van der Waals surface area contributed by atoms with Crippen molar-refractivity contribution in [1.82, 2.24) is 5.32 Å². The monoisotopic (exact) mass is 409 g/mol. The molecule has 0 bridgehead atoms. The molecule has 2 N–H and O–H groups in total. The lowest BCUT2D eigenvalue weighted by Gasteiger charge is -2.29. The number of anilines is 2. The van der Waals surface area contributed by atoms with Crippen molar-refractivity contribution in [2.45, 2.75) is 0 Å². The number of benzene rings is 2. The van der Waals surface area contributed by atoms with E-state index in [1.165, 1.54) is 0 Å². The van der Waals surface area contributed by atoms with Crippen LogP contribution < -0.4 is 15.5 Å². The van der Waals surface area contributed by atoms with Crippen molar-refractivity contribution in [3.05, 3.63) is 58.1 Å². The van der Waals surface area contributed by atoms with Crippen LogP contribution >= 0.6 is 35.4 Å². The van der Waals surface area contributed by atoms with Crippen molar-refractivity contribution in [3.8, 4) is 0 Å². The summed E-state index contributed by atoms with van der Waals surface area (Å²) in [5.41, 5.74) is 2.08. The van der Waals surface area contributed by atoms with Gasteiger partial charge in [0.1, 0.15) is 0 Å². The first-order chi connectivity index (χ1) is 12.5. The maximum Gasteiger partial charge on any atom is 0.257 e. The Hall–Kier alpha value is -1.86. The largest absolute Gasteiger partial charge is 0.378 e. The molecule has 2 aromatic carbocycles. The van der Waals surface area contributed by atoms with E-state index >= 15 is 0 Å². The van der Waals surface area contributed by atoms with Gasteiger partial charge in [-0.2, -0.15) is 0 Å². The van der Waals surface area contributed by atoms with E-state index in [1.807, 2.05) is 12.1 Å². The van der Waals surface area contributed by atoms with Crippen LogP contribution in [-0.4, -0.2) is 37.3 Å². The predicted molar refractivity (Wildman–Crippen MR) is 110 cm³/mol. The van der Waals surface area contributed by atoms with E-state index in [9.17, 15) is 4.79 Å². The van der Waals surface area contributed by atoms with Crippen LogP contribution in [0.25, 0.3) is 0 Å². The summed E-state index contributed by atoms with van der Waals surface area (Å²) in [6, 6.07) is 12.2. The Balaban J connectivity index is 1.62. The number of rotatable bonds is 3. The first-order valence-corrected chi connectivity index (χ1v) is 9.19. The van der Waals surface area contributed by atoms with Crippen LogP contribution in [0.3, 0.4) is 0 Å². The van der Waals surface area contributed by atoms with Gasteiger partial charge >= 0.3 is 0 Å². The normalized spacial score (nSPS) is 14.0. The second-order valence-electron chi connectivity index (χ2n) is 5.68. The van der Waals surface area contributed by atoms with E-state index in [0.29, 0.717) is 34.5 Å². The molecule has 5 nitrogen and oxygen atoms in total. The van der Waals surface area contributed by atoms with Crippen LogP contribution in [0.1, 0.15) is 10.4 Å². The molecular weight excluding hydrogens is 393 g/mol. The van der Waals surface area contributed by atoms with Crippen LogP contribution in [0.15, 0.2) is 42.5 Å². The minimum atomic E-state index is -0.332. The van der Waals surface area contributed by atoms with Crippen molar-refractivity contribution < 1.29 is 9.53 Å². The van der Waals surface area contributed by atoms with Gasteiger partial charge in [-0.1, -0.05) is 29.3 Å². The fourth-order valence-electron chi connectivity index (χ4n) is 2.61. The molecular formula is C18H17Cl2N3O2S. The standard InChI is InChI=1S/C18H17Cl2N3O2S/c19-13-3-1-2-12(10-13)17(24)22-18(26)21-14-4-5-16(15(20)11-14)23-6-8-25-9-7-23/h1-5,10-11H,6-9H2,(H2,21,22,24,26). The summed E-state index contributed by atoms with van der Waals surface area (Å²) in [4.78, 5) is 14.4. The third-order valence-electron chi connectivity index (χ3n) is 3.87. The van der Waals surface area contributed by atoms with Gasteiger partial charge in [0.2, 0.25) is 0 Å². The molecule has 1 aliphatic rings. The van der Waals surface area contributed by atoms with Crippen molar-refractivity contribution >= 4 is 57.8 Å². The third kappa shape index (κ3) is 4.86. The Morgan fingerprint density at radius 2 is 1.88 bits per heavy atom. The number of halogens is 2. The van der Waals surface area contributed by atoms with Crippen molar-refractivity contribution in [3.63, 3.8) is 0 Å². The summed E-state index contributed by atoms with van der Waals surface area (Å²) in [5, 5.41) is 6.87. The summed E-state index contributed by atoms with van der Waals surface area (Å²) in [7, 11) is 0. The number of carbonyl (C=O) groups excluding carboxylic acids is 1. The van der Waals surface area contributed by atoms with Crippen molar-refractivity contribution in [2.75, 3.05) is 36.5 Å². The topological polar surface area (TPSA) is 53.6 Å². The minimum absolute atomic E-state index is 0.185. The molecule has 1 amide bonds. The summed E-state index contributed by atoms with van der Waals surface area (Å²) in [6.45, 7) is 2.99. The maximum atomic E-state index is 12.2. The Morgan fingerprint density at radius 1 is 1.12 bits per heavy atom. The lowest BCUT2D eigenvalue weighted by molar-refractivity contribution is 0.0977. The van der Waals surface area contributed by atoms with E-state index < -0.39 is 0 Å². The molecule has 1 saturated heterocycles. The molecule has 1 heterocycles. The molecule has 1 fully saturated rings. The Labute approximate surface area is 167 Å². The van der Waals surface area contributed by atoms with E-state index in [0.717, 1.165) is 18.8 Å². The fraction of sp³-hybridized carbons (Fsp3) is 0.222. The van der Waals surface area contributed by atoms with Gasteiger partial charge in [-0.3, -0.25) is 10.1 Å². The van der Waals surface area contributed by atoms with Crippen LogP contribution in [0.5, 0.6) is 0 Å². The molecule has 8 heteroatoms. The number of nitrogens with one attached hydrogen (secondary N) is 2. The van der Waals surface area contributed by atoms with E-state index in [-0.39, 0.29) is 11.0 Å². The molecule has 0 aromatic heterocycles. The number of morpholine rings is 1. The highest BCUT2D eigenvalue weighted by molar-refractivity contribution is 7.80. The van der Waals surface area contributed by atoms with Gasteiger partial charge in [-0.25, -0.2) is 0 Å². The van der Waals surface area contributed by atoms with Gasteiger partial charge in [-0.05, 0) is 48.6 Å². The fourth-order valence-corrected chi connectivity index (χ4v) is 3.31. The highest BCUT2D eigenvalue weighted by Gasteiger charge is 2.15. The molecule has 26 heavy (non-hydrogen) atoms. The number of carbonyl (C=O) groups is 1. The predicted octanol–water partition coefficient (Wildman–Crippen LogP) is 3.96. The molecule has 0 saturated carbocycles. The molecule has 2 aromatic rings. The maximum absolute atomic E-state index is 12.2. The van der Waals surface area contributed by atoms with E-state index in [4.69, 9.17) is 40.2 Å². The summed E-state index contributed by atoms with van der Waals surface area (Å²) >= 11 is 17.5. The summed E-state index contributed by atoms with van der Waals surface area (Å²) < 4.78 is 5.36. The number of hydrogen-bond donors (Lipinski definition) is 2. The van der Waals surface area contributed by atoms with Crippen molar-refractivity contribution in [2.24, 2.45) is 0 Å². The summed E-state index contributed by atoms with van der Waals surface area (Å²) in [6.07, 6.45) is 0. The van der Waals surface area contributed by atoms with Crippen LogP contribution in [0, 0.1) is 0 Å². The quantitative estimate of drug-likeness (QED) is 0.751. The smallest absolute Gasteiger partial charge is 0.257 e. The molecule has 0 radical (unpaired) electrons. The average Bonchev–Trinajstić information content (AvgIpc) is 2.62. The molecule has 0 spiro atoms. The molecule has 1 aliphatic heterocycles. The lowest BCUT2D eigenvalue weighted by Crippen LogP contribution is -2.36. The summed E-state index contributed by atoms with van der Waals surface area (Å²) in [5.74, 6) is -0.332. The number of ether oxygens (including phenoxy) is 1. The number of nitrogens with zero attached hydrogens (tertiary/aromatic N) is 1. The number of amides is 1. The first kappa shape index (κ1) is 18.9. The molecule has 0 atom stereocenters.